The molecule has 0 radical (unpaired) electrons. The highest BCUT2D eigenvalue weighted by Gasteiger charge is 2.18. The molecule has 6 heteroatoms. The van der Waals surface area contributed by atoms with Crippen LogP contribution in [-0.4, -0.2) is 62.3 Å². The van der Waals surface area contributed by atoms with Gasteiger partial charge in [0.25, 0.3) is 0 Å². The minimum Gasteiger partial charge on any atom is -0.478 e. The second-order valence-electron chi connectivity index (χ2n) is 4.92. The lowest BCUT2D eigenvalue weighted by molar-refractivity contribution is -0.141. The van der Waals surface area contributed by atoms with Crippen molar-refractivity contribution < 1.29 is 14.3 Å². The molecule has 21 heavy (non-hydrogen) atoms. The van der Waals surface area contributed by atoms with Crippen molar-refractivity contribution in [3.8, 4) is 5.88 Å². The maximum atomic E-state index is 11.2. The first-order valence-corrected chi connectivity index (χ1v) is 7.37. The zero-order chi connectivity index (χ0) is 15.1. The van der Waals surface area contributed by atoms with Gasteiger partial charge in [-0.15, -0.1) is 0 Å². The molecule has 1 aliphatic heterocycles. The molecule has 1 aliphatic rings. The third-order valence-corrected chi connectivity index (χ3v) is 3.56. The van der Waals surface area contributed by atoms with Crippen molar-refractivity contribution >= 4 is 11.8 Å². The van der Waals surface area contributed by atoms with E-state index in [2.05, 4.69) is 19.5 Å². The first kappa shape index (κ1) is 15.6. The molecule has 0 spiro atoms. The standard InChI is InChI=1S/C15H23N3O3/c1-3-21-14-6-4-5-13(16-14)18-11-9-17(10-12-18)8-7-15(19)20-2/h4-6H,3,7-12H2,1-2H3. The fourth-order valence-electron chi connectivity index (χ4n) is 2.36. The van der Waals surface area contributed by atoms with Crippen LogP contribution >= 0.6 is 0 Å². The summed E-state index contributed by atoms with van der Waals surface area (Å²) in [7, 11) is 1.43. The van der Waals surface area contributed by atoms with Crippen LogP contribution in [0.15, 0.2) is 18.2 Å². The summed E-state index contributed by atoms with van der Waals surface area (Å²) in [5, 5.41) is 0. The second-order valence-corrected chi connectivity index (χ2v) is 4.92. The van der Waals surface area contributed by atoms with E-state index in [0.29, 0.717) is 18.9 Å². The maximum absolute atomic E-state index is 11.2. The number of hydrogen-bond donors (Lipinski definition) is 0. The highest BCUT2D eigenvalue weighted by Crippen LogP contribution is 2.17. The summed E-state index contributed by atoms with van der Waals surface area (Å²) in [6, 6.07) is 5.85. The molecule has 0 aromatic carbocycles. The molecule has 116 valence electrons. The van der Waals surface area contributed by atoms with E-state index >= 15 is 0 Å². The van der Waals surface area contributed by atoms with Crippen LogP contribution in [0.3, 0.4) is 0 Å². The van der Waals surface area contributed by atoms with Gasteiger partial charge in [0.15, 0.2) is 0 Å². The Morgan fingerprint density at radius 1 is 1.29 bits per heavy atom. The maximum Gasteiger partial charge on any atom is 0.306 e. The van der Waals surface area contributed by atoms with Crippen molar-refractivity contribution in [2.45, 2.75) is 13.3 Å². The molecule has 0 aliphatic carbocycles. The average molecular weight is 293 g/mol. The van der Waals surface area contributed by atoms with E-state index < -0.39 is 0 Å². The van der Waals surface area contributed by atoms with Crippen LogP contribution in [0.25, 0.3) is 0 Å². The SMILES string of the molecule is CCOc1cccc(N2CCN(CCC(=O)OC)CC2)n1. The highest BCUT2D eigenvalue weighted by atomic mass is 16.5. The van der Waals surface area contributed by atoms with Gasteiger partial charge in [-0.3, -0.25) is 9.69 Å². The number of carbonyl (C=O) groups excluding carboxylic acids is 1. The van der Waals surface area contributed by atoms with Crippen LogP contribution < -0.4 is 9.64 Å². The van der Waals surface area contributed by atoms with Crippen molar-refractivity contribution in [2.75, 3.05) is 51.3 Å². The molecule has 1 aromatic heterocycles. The van der Waals surface area contributed by atoms with Crippen LogP contribution in [0.5, 0.6) is 5.88 Å². The van der Waals surface area contributed by atoms with Crippen molar-refractivity contribution in [1.82, 2.24) is 9.88 Å². The van der Waals surface area contributed by atoms with Crippen molar-refractivity contribution in [3.05, 3.63) is 18.2 Å². The number of methoxy groups -OCH3 is 1. The minimum atomic E-state index is -0.150. The largest absolute Gasteiger partial charge is 0.478 e. The van der Waals surface area contributed by atoms with Gasteiger partial charge in [0.1, 0.15) is 5.82 Å². The molecule has 0 atom stereocenters. The number of nitrogens with zero attached hydrogens (tertiary/aromatic N) is 3. The lowest BCUT2D eigenvalue weighted by Crippen LogP contribution is -2.47. The van der Waals surface area contributed by atoms with Crippen molar-refractivity contribution in [1.29, 1.82) is 0 Å². The van der Waals surface area contributed by atoms with Crippen LogP contribution in [0, 0.1) is 0 Å². The summed E-state index contributed by atoms with van der Waals surface area (Å²) in [4.78, 5) is 20.2. The first-order valence-electron chi connectivity index (χ1n) is 7.37. The van der Waals surface area contributed by atoms with E-state index in [4.69, 9.17) is 4.74 Å². The van der Waals surface area contributed by atoms with Crippen LogP contribution in [-0.2, 0) is 9.53 Å². The lowest BCUT2D eigenvalue weighted by Gasteiger charge is -2.35. The number of aromatic nitrogens is 1. The number of pyridine rings is 1. The number of esters is 1. The Morgan fingerprint density at radius 2 is 2.05 bits per heavy atom. The van der Waals surface area contributed by atoms with E-state index in [9.17, 15) is 4.79 Å². The number of hydrogen-bond acceptors (Lipinski definition) is 6. The molecule has 0 saturated carbocycles. The van der Waals surface area contributed by atoms with Gasteiger partial charge in [-0.1, -0.05) is 6.07 Å². The van der Waals surface area contributed by atoms with Crippen molar-refractivity contribution in [3.63, 3.8) is 0 Å². The minimum absolute atomic E-state index is 0.150. The predicted molar refractivity (Wildman–Crippen MR) is 80.7 cm³/mol. The summed E-state index contributed by atoms with van der Waals surface area (Å²) in [6.07, 6.45) is 0.453. The zero-order valence-corrected chi connectivity index (χ0v) is 12.7. The number of piperazine rings is 1. The fraction of sp³-hybridized carbons (Fsp3) is 0.600. The summed E-state index contributed by atoms with van der Waals surface area (Å²) >= 11 is 0. The van der Waals surface area contributed by atoms with Gasteiger partial charge >= 0.3 is 5.97 Å². The van der Waals surface area contributed by atoms with Gasteiger partial charge in [0.2, 0.25) is 5.88 Å². The van der Waals surface area contributed by atoms with Gasteiger partial charge in [-0.25, -0.2) is 0 Å². The highest BCUT2D eigenvalue weighted by molar-refractivity contribution is 5.69. The summed E-state index contributed by atoms with van der Waals surface area (Å²) in [5.74, 6) is 1.47. The summed E-state index contributed by atoms with van der Waals surface area (Å²) < 4.78 is 10.1. The topological polar surface area (TPSA) is 54.9 Å². The van der Waals surface area contributed by atoms with Gasteiger partial charge in [-0.05, 0) is 13.0 Å². The molecule has 6 nitrogen and oxygen atoms in total. The molecule has 1 fully saturated rings. The van der Waals surface area contributed by atoms with E-state index in [1.54, 1.807) is 0 Å². The summed E-state index contributed by atoms with van der Waals surface area (Å²) in [6.45, 7) is 7.00. The molecule has 0 bridgehead atoms. The smallest absolute Gasteiger partial charge is 0.306 e. The number of ether oxygens (including phenoxy) is 2. The Morgan fingerprint density at radius 3 is 2.71 bits per heavy atom. The molecule has 1 saturated heterocycles. The third-order valence-electron chi connectivity index (χ3n) is 3.56. The van der Waals surface area contributed by atoms with Gasteiger partial charge in [0, 0.05) is 38.8 Å². The van der Waals surface area contributed by atoms with Crippen LogP contribution in [0.1, 0.15) is 13.3 Å². The monoisotopic (exact) mass is 293 g/mol. The quantitative estimate of drug-likeness (QED) is 0.734. The first-order chi connectivity index (χ1) is 10.2. The number of carbonyl (C=O) groups is 1. The third kappa shape index (κ3) is 4.60. The molecule has 2 heterocycles. The summed E-state index contributed by atoms with van der Waals surface area (Å²) in [5.41, 5.74) is 0. The molecule has 2 rings (SSSR count). The Bertz CT molecular complexity index is 459. The lowest BCUT2D eigenvalue weighted by atomic mass is 10.3. The fourth-order valence-corrected chi connectivity index (χ4v) is 2.36. The molecule has 0 unspecified atom stereocenters. The average Bonchev–Trinajstić information content (AvgIpc) is 2.53. The number of anilines is 1. The van der Waals surface area contributed by atoms with Crippen LogP contribution in [0.4, 0.5) is 5.82 Å². The Balaban J connectivity index is 1.83. The molecular weight excluding hydrogens is 270 g/mol. The van der Waals surface area contributed by atoms with Gasteiger partial charge < -0.3 is 14.4 Å². The molecular formula is C15H23N3O3. The van der Waals surface area contributed by atoms with Gasteiger partial charge in [0.05, 0.1) is 20.1 Å². The van der Waals surface area contributed by atoms with Crippen LogP contribution in [0.2, 0.25) is 0 Å². The normalized spacial score (nSPS) is 15.8. The molecule has 0 amide bonds. The predicted octanol–water partition coefficient (Wildman–Crippen LogP) is 1.17. The Kier molecular flexibility index (Phi) is 5.80. The Hall–Kier alpha value is -1.82. The zero-order valence-electron chi connectivity index (χ0n) is 12.7. The molecule has 1 aromatic rings. The van der Waals surface area contributed by atoms with E-state index in [1.165, 1.54) is 7.11 Å². The van der Waals surface area contributed by atoms with E-state index in [-0.39, 0.29) is 5.97 Å². The van der Waals surface area contributed by atoms with Gasteiger partial charge in [-0.2, -0.15) is 4.98 Å². The van der Waals surface area contributed by atoms with Crippen molar-refractivity contribution in [2.24, 2.45) is 0 Å². The second kappa shape index (κ2) is 7.83. The molecule has 0 N–H and O–H groups in total. The van der Waals surface area contributed by atoms with E-state index in [1.807, 2.05) is 25.1 Å². The Labute approximate surface area is 125 Å². The van der Waals surface area contributed by atoms with E-state index in [0.717, 1.165) is 38.5 Å². The number of rotatable bonds is 6.